The van der Waals surface area contributed by atoms with Gasteiger partial charge in [0.05, 0.1) is 11.5 Å². The molecular weight excluding hydrogens is 332 g/mol. The van der Waals surface area contributed by atoms with E-state index >= 15 is 0 Å². The molecular formula is C19H36N2O3Si. The van der Waals surface area contributed by atoms with E-state index in [-0.39, 0.29) is 11.6 Å². The van der Waals surface area contributed by atoms with E-state index in [9.17, 15) is 15.2 Å². The molecule has 0 heterocycles. The molecule has 1 N–H and O–H groups in total. The molecule has 0 saturated heterocycles. The lowest BCUT2D eigenvalue weighted by atomic mass is 9.85. The molecule has 1 aliphatic carbocycles. The summed E-state index contributed by atoms with van der Waals surface area (Å²) in [5.74, 6) is 0.337. The first kappa shape index (κ1) is 22.0. The van der Waals surface area contributed by atoms with Crippen molar-refractivity contribution in [2.45, 2.75) is 84.5 Å². The fourth-order valence-corrected chi connectivity index (χ4v) is 4.18. The summed E-state index contributed by atoms with van der Waals surface area (Å²) >= 11 is 0. The number of amides is 1. The Morgan fingerprint density at radius 2 is 1.88 bits per heavy atom. The average Bonchev–Trinajstić information content (AvgIpc) is 2.84. The van der Waals surface area contributed by atoms with Gasteiger partial charge in [-0.2, -0.15) is 5.26 Å². The third-order valence-electron chi connectivity index (χ3n) is 5.94. The second-order valence-corrected chi connectivity index (χ2v) is 14.9. The van der Waals surface area contributed by atoms with Crippen LogP contribution in [0.1, 0.15) is 60.8 Å². The van der Waals surface area contributed by atoms with Gasteiger partial charge in [0.15, 0.2) is 8.32 Å². The van der Waals surface area contributed by atoms with Gasteiger partial charge in [-0.15, -0.1) is 0 Å². The summed E-state index contributed by atoms with van der Waals surface area (Å²) in [5.41, 5.74) is -1.10. The monoisotopic (exact) mass is 368 g/mol. The van der Waals surface area contributed by atoms with Crippen molar-refractivity contribution in [1.82, 2.24) is 4.90 Å². The second kappa shape index (κ2) is 7.28. The summed E-state index contributed by atoms with van der Waals surface area (Å²) in [6, 6.07) is 2.44. The maximum Gasteiger partial charge on any atom is 0.407 e. The molecule has 25 heavy (non-hydrogen) atoms. The van der Waals surface area contributed by atoms with Gasteiger partial charge in [-0.1, -0.05) is 20.8 Å². The molecule has 1 rings (SSSR count). The largest absolute Gasteiger partial charge is 0.465 e. The molecule has 1 aliphatic rings. The van der Waals surface area contributed by atoms with Crippen LogP contribution < -0.4 is 0 Å². The lowest BCUT2D eigenvalue weighted by molar-refractivity contribution is 0.0765. The standard InChI is InChI=1S/C19H36N2O3Si/c1-17(2,3)21(16(22)23)14-19(13-20)10-9-15(11-19)12-24-25(7,8)18(4,5)6/h15H,9-12,14H2,1-8H3,(H,22,23)/t15-,19-/m1/s1. The number of carbonyl (C=O) groups is 1. The smallest absolute Gasteiger partial charge is 0.407 e. The van der Waals surface area contributed by atoms with E-state index in [4.69, 9.17) is 4.43 Å². The van der Waals surface area contributed by atoms with Crippen LogP contribution in [0.4, 0.5) is 4.79 Å². The molecule has 0 bridgehead atoms. The van der Waals surface area contributed by atoms with Crippen molar-refractivity contribution in [1.29, 1.82) is 5.26 Å². The van der Waals surface area contributed by atoms with Gasteiger partial charge < -0.3 is 14.4 Å². The predicted octanol–water partition coefficient (Wildman–Crippen LogP) is 5.10. The van der Waals surface area contributed by atoms with E-state index < -0.39 is 25.4 Å². The van der Waals surface area contributed by atoms with Gasteiger partial charge in [-0.25, -0.2) is 4.79 Å². The molecule has 0 radical (unpaired) electrons. The highest BCUT2D eigenvalue weighted by atomic mass is 28.4. The maximum atomic E-state index is 11.6. The molecule has 2 atom stereocenters. The Kier molecular flexibility index (Phi) is 6.40. The summed E-state index contributed by atoms with van der Waals surface area (Å²) in [6.45, 7) is 17.7. The lowest BCUT2D eigenvalue weighted by Crippen LogP contribution is -2.49. The van der Waals surface area contributed by atoms with Crippen LogP contribution in [0.5, 0.6) is 0 Å². The van der Waals surface area contributed by atoms with Crippen LogP contribution in [0, 0.1) is 22.7 Å². The number of hydrogen-bond donors (Lipinski definition) is 1. The SMILES string of the molecule is CC(C)(C)N(C[C@]1(C#N)CC[C@@H](CO[Si](C)(C)C(C)(C)C)C1)C(=O)O. The Balaban J connectivity index is 2.78. The molecule has 144 valence electrons. The maximum absolute atomic E-state index is 11.6. The minimum Gasteiger partial charge on any atom is -0.465 e. The number of hydrogen-bond acceptors (Lipinski definition) is 3. The van der Waals surface area contributed by atoms with Gasteiger partial charge >= 0.3 is 6.09 Å². The van der Waals surface area contributed by atoms with Crippen molar-refractivity contribution < 1.29 is 14.3 Å². The van der Waals surface area contributed by atoms with Gasteiger partial charge in [-0.05, 0) is 64.1 Å². The highest BCUT2D eigenvalue weighted by Gasteiger charge is 2.45. The van der Waals surface area contributed by atoms with Crippen molar-refractivity contribution in [2.24, 2.45) is 11.3 Å². The molecule has 0 aromatic heterocycles. The summed E-state index contributed by atoms with van der Waals surface area (Å²) in [6.07, 6.45) is 1.44. The third kappa shape index (κ3) is 5.45. The zero-order chi connectivity index (χ0) is 19.7. The van der Waals surface area contributed by atoms with Crippen LogP contribution in [0.15, 0.2) is 0 Å². The van der Waals surface area contributed by atoms with E-state index in [1.54, 1.807) is 0 Å². The second-order valence-electron chi connectivity index (χ2n) is 10.1. The van der Waals surface area contributed by atoms with Gasteiger partial charge in [-0.3, -0.25) is 0 Å². The number of nitriles is 1. The summed E-state index contributed by atoms with van der Waals surface area (Å²) in [5, 5.41) is 19.5. The quantitative estimate of drug-likeness (QED) is 0.685. The van der Waals surface area contributed by atoms with Crippen molar-refractivity contribution in [3.8, 4) is 6.07 Å². The lowest BCUT2D eigenvalue weighted by Gasteiger charge is -2.38. The molecule has 6 heteroatoms. The highest BCUT2D eigenvalue weighted by Crippen LogP contribution is 2.44. The highest BCUT2D eigenvalue weighted by molar-refractivity contribution is 6.74. The number of nitrogens with zero attached hydrogens (tertiary/aromatic N) is 2. The van der Waals surface area contributed by atoms with Crippen LogP contribution >= 0.6 is 0 Å². The zero-order valence-corrected chi connectivity index (χ0v) is 18.3. The Hall–Kier alpha value is -1.06. The molecule has 1 fully saturated rings. The van der Waals surface area contributed by atoms with Crippen molar-refractivity contribution in [3.05, 3.63) is 0 Å². The number of carboxylic acid groups (broad SMARTS) is 1. The van der Waals surface area contributed by atoms with Crippen molar-refractivity contribution in [2.75, 3.05) is 13.2 Å². The van der Waals surface area contributed by atoms with Crippen LogP contribution in [-0.2, 0) is 4.43 Å². The van der Waals surface area contributed by atoms with E-state index in [1.807, 2.05) is 20.8 Å². The molecule has 0 aliphatic heterocycles. The molecule has 1 saturated carbocycles. The topological polar surface area (TPSA) is 73.6 Å². The molecule has 0 aromatic carbocycles. The first-order chi connectivity index (χ1) is 11.1. The third-order valence-corrected chi connectivity index (χ3v) is 10.4. The first-order valence-corrected chi connectivity index (χ1v) is 12.1. The molecule has 0 spiro atoms. The number of rotatable bonds is 5. The van der Waals surface area contributed by atoms with Crippen LogP contribution in [0.3, 0.4) is 0 Å². The zero-order valence-electron chi connectivity index (χ0n) is 17.3. The Morgan fingerprint density at radius 1 is 1.32 bits per heavy atom. The summed E-state index contributed by atoms with van der Waals surface area (Å²) in [7, 11) is -1.80. The van der Waals surface area contributed by atoms with E-state index in [2.05, 4.69) is 39.9 Å². The Bertz CT molecular complexity index is 528. The minimum absolute atomic E-state index is 0.171. The van der Waals surface area contributed by atoms with Crippen LogP contribution in [0.25, 0.3) is 0 Å². The minimum atomic E-state index is -1.80. The van der Waals surface area contributed by atoms with Gasteiger partial charge in [0.1, 0.15) is 0 Å². The Labute approximate surface area is 154 Å². The van der Waals surface area contributed by atoms with Gasteiger partial charge in [0, 0.05) is 18.7 Å². The van der Waals surface area contributed by atoms with E-state index in [0.29, 0.717) is 12.5 Å². The van der Waals surface area contributed by atoms with Gasteiger partial charge in [0.25, 0.3) is 0 Å². The van der Waals surface area contributed by atoms with Gasteiger partial charge in [0.2, 0.25) is 0 Å². The summed E-state index contributed by atoms with van der Waals surface area (Å²) in [4.78, 5) is 13.0. The first-order valence-electron chi connectivity index (χ1n) is 9.19. The molecule has 1 amide bonds. The molecule has 5 nitrogen and oxygen atoms in total. The fraction of sp³-hybridized carbons (Fsp3) is 0.895. The Morgan fingerprint density at radius 3 is 2.28 bits per heavy atom. The fourth-order valence-electron chi connectivity index (χ4n) is 3.10. The van der Waals surface area contributed by atoms with E-state index in [1.165, 1.54) is 4.90 Å². The predicted molar refractivity (Wildman–Crippen MR) is 103 cm³/mol. The average molecular weight is 369 g/mol. The van der Waals surface area contributed by atoms with Crippen molar-refractivity contribution in [3.63, 3.8) is 0 Å². The molecule has 0 aromatic rings. The summed E-state index contributed by atoms with van der Waals surface area (Å²) < 4.78 is 6.33. The van der Waals surface area contributed by atoms with Crippen molar-refractivity contribution >= 4 is 14.4 Å². The van der Waals surface area contributed by atoms with E-state index in [0.717, 1.165) is 19.3 Å². The normalized spacial score (nSPS) is 24.8. The van der Waals surface area contributed by atoms with Crippen LogP contribution in [-0.4, -0.2) is 43.1 Å². The van der Waals surface area contributed by atoms with Crippen LogP contribution in [0.2, 0.25) is 18.1 Å². The molecule has 0 unspecified atom stereocenters.